The first-order chi connectivity index (χ1) is 14.7. The van der Waals surface area contributed by atoms with Gasteiger partial charge in [0.25, 0.3) is 5.56 Å². The van der Waals surface area contributed by atoms with E-state index in [1.807, 2.05) is 33.8 Å². The van der Waals surface area contributed by atoms with Crippen LogP contribution in [-0.4, -0.2) is 22.4 Å². The Hall–Kier alpha value is -3.26. The van der Waals surface area contributed by atoms with Crippen molar-refractivity contribution in [2.75, 3.05) is 0 Å². The fourth-order valence-electron chi connectivity index (χ4n) is 3.70. The topological polar surface area (TPSA) is 97.3 Å². The molecule has 0 aliphatic carbocycles. The van der Waals surface area contributed by atoms with Gasteiger partial charge in [0.1, 0.15) is 21.7 Å². The Labute approximate surface area is 180 Å². The summed E-state index contributed by atoms with van der Waals surface area (Å²) in [6, 6.07) is 11.2. The second-order valence-corrected chi connectivity index (χ2v) is 9.76. The molecule has 7 nitrogen and oxygen atoms in total. The third-order valence-corrected chi connectivity index (χ3v) is 7.48. The number of fused-ring (bicyclic) bond motifs is 2. The fourth-order valence-corrected chi connectivity index (χ4v) is 5.07. The molecule has 4 rings (SSSR count). The molecule has 1 atom stereocenters. The van der Waals surface area contributed by atoms with E-state index in [1.165, 1.54) is 22.6 Å². The van der Waals surface area contributed by atoms with Crippen molar-refractivity contribution >= 4 is 26.5 Å². The van der Waals surface area contributed by atoms with Gasteiger partial charge in [0, 0.05) is 12.2 Å². The van der Waals surface area contributed by atoms with Crippen LogP contribution in [0.4, 0.5) is 0 Å². The van der Waals surface area contributed by atoms with Crippen LogP contribution in [0.25, 0.3) is 16.7 Å². The fraction of sp³-hybridized carbons (Fsp3) is 0.261. The summed E-state index contributed by atoms with van der Waals surface area (Å²) in [7, 11) is -4.00. The normalized spacial score (nSPS) is 13.0. The van der Waals surface area contributed by atoms with Gasteiger partial charge in [0.05, 0.1) is 10.3 Å². The molecular formula is C23H24N4O3S. The molecule has 0 saturated carbocycles. The minimum Gasteiger partial charge on any atom is -0.307 e. The molecule has 0 amide bonds. The zero-order chi connectivity index (χ0) is 22.5. The van der Waals surface area contributed by atoms with Gasteiger partial charge in [-0.25, -0.2) is 13.4 Å². The summed E-state index contributed by atoms with van der Waals surface area (Å²) in [5, 5.41) is 8.95. The molecule has 0 saturated heterocycles. The van der Waals surface area contributed by atoms with Gasteiger partial charge >= 0.3 is 0 Å². The van der Waals surface area contributed by atoms with Crippen LogP contribution in [0.2, 0.25) is 0 Å². The molecule has 160 valence electrons. The van der Waals surface area contributed by atoms with Gasteiger partial charge in [-0.15, -0.1) is 0 Å². The van der Waals surface area contributed by atoms with Crippen molar-refractivity contribution in [2.45, 2.75) is 49.9 Å². The summed E-state index contributed by atoms with van der Waals surface area (Å²) < 4.78 is 29.9. The van der Waals surface area contributed by atoms with Crippen molar-refractivity contribution < 1.29 is 8.42 Å². The first-order valence-corrected chi connectivity index (χ1v) is 11.6. The standard InChI is InChI=1S/C23H24N4O3S/c1-5-16(4)27-20(24)19(31(29,30)17-10-8-14(2)9-11-17)13-18-22(27)25-21-15(3)7-6-12-26(21)23(18)28/h6-13,16,24H,5H2,1-4H3. The number of nitrogens with one attached hydrogen (secondary N) is 1. The minimum atomic E-state index is -4.00. The molecule has 0 radical (unpaired) electrons. The molecule has 31 heavy (non-hydrogen) atoms. The monoisotopic (exact) mass is 436 g/mol. The van der Waals surface area contributed by atoms with Crippen LogP contribution in [-0.2, 0) is 9.84 Å². The summed E-state index contributed by atoms with van der Waals surface area (Å²) in [6.45, 7) is 7.57. The Kier molecular flexibility index (Phi) is 5.05. The highest BCUT2D eigenvalue weighted by molar-refractivity contribution is 7.91. The number of hydrogen-bond acceptors (Lipinski definition) is 5. The molecule has 0 spiro atoms. The Morgan fingerprint density at radius 3 is 2.42 bits per heavy atom. The summed E-state index contributed by atoms with van der Waals surface area (Å²) in [5.74, 6) is 0. The molecule has 1 unspecified atom stereocenters. The van der Waals surface area contributed by atoms with Crippen molar-refractivity contribution in [3.8, 4) is 0 Å². The second kappa shape index (κ2) is 7.46. The van der Waals surface area contributed by atoms with Gasteiger partial charge in [-0.3, -0.25) is 14.6 Å². The lowest BCUT2D eigenvalue weighted by atomic mass is 10.2. The zero-order valence-corrected chi connectivity index (χ0v) is 18.7. The van der Waals surface area contributed by atoms with E-state index in [-0.39, 0.29) is 32.3 Å². The quantitative estimate of drug-likeness (QED) is 0.495. The van der Waals surface area contributed by atoms with E-state index >= 15 is 0 Å². The predicted molar refractivity (Wildman–Crippen MR) is 119 cm³/mol. The molecule has 8 heteroatoms. The largest absolute Gasteiger partial charge is 0.307 e. The van der Waals surface area contributed by atoms with E-state index in [2.05, 4.69) is 4.98 Å². The average Bonchev–Trinajstić information content (AvgIpc) is 2.74. The highest BCUT2D eigenvalue weighted by Gasteiger charge is 2.25. The number of nitrogens with zero attached hydrogens (tertiary/aromatic N) is 3. The van der Waals surface area contributed by atoms with E-state index in [1.54, 1.807) is 29.0 Å². The van der Waals surface area contributed by atoms with Crippen LogP contribution in [0.3, 0.4) is 0 Å². The van der Waals surface area contributed by atoms with Crippen LogP contribution in [0, 0.1) is 19.3 Å². The molecule has 3 aromatic heterocycles. The molecule has 0 aliphatic rings. The maximum atomic E-state index is 13.4. The van der Waals surface area contributed by atoms with E-state index < -0.39 is 9.84 Å². The van der Waals surface area contributed by atoms with Crippen LogP contribution in [0.15, 0.2) is 63.2 Å². The molecule has 0 fully saturated rings. The predicted octanol–water partition coefficient (Wildman–Crippen LogP) is 3.55. The first-order valence-electron chi connectivity index (χ1n) is 10.1. The number of hydrogen-bond donors (Lipinski definition) is 1. The smallest absolute Gasteiger partial charge is 0.267 e. The third-order valence-electron chi connectivity index (χ3n) is 5.69. The van der Waals surface area contributed by atoms with E-state index in [9.17, 15) is 13.2 Å². The van der Waals surface area contributed by atoms with Crippen LogP contribution in [0.1, 0.15) is 37.4 Å². The molecule has 0 aliphatic heterocycles. The van der Waals surface area contributed by atoms with Crippen molar-refractivity contribution in [1.29, 1.82) is 5.41 Å². The van der Waals surface area contributed by atoms with Gasteiger partial charge in [-0.1, -0.05) is 30.7 Å². The number of aromatic nitrogens is 3. The lowest BCUT2D eigenvalue weighted by molar-refractivity contribution is 0.508. The van der Waals surface area contributed by atoms with Crippen molar-refractivity contribution in [2.24, 2.45) is 0 Å². The van der Waals surface area contributed by atoms with Gasteiger partial charge < -0.3 is 4.57 Å². The van der Waals surface area contributed by atoms with Crippen molar-refractivity contribution in [3.05, 3.63) is 75.6 Å². The number of rotatable bonds is 4. The van der Waals surface area contributed by atoms with Gasteiger partial charge in [-0.05, 0) is 57.0 Å². The lowest BCUT2D eigenvalue weighted by Crippen LogP contribution is -2.31. The summed E-state index contributed by atoms with van der Waals surface area (Å²) in [4.78, 5) is 17.9. The Balaban J connectivity index is 2.18. The average molecular weight is 437 g/mol. The zero-order valence-electron chi connectivity index (χ0n) is 17.9. The van der Waals surface area contributed by atoms with Crippen LogP contribution < -0.4 is 11.0 Å². The summed E-state index contributed by atoms with van der Waals surface area (Å²) >= 11 is 0. The number of aryl methyl sites for hydroxylation is 2. The van der Waals surface area contributed by atoms with Crippen LogP contribution >= 0.6 is 0 Å². The van der Waals surface area contributed by atoms with E-state index in [4.69, 9.17) is 5.41 Å². The molecule has 1 aromatic carbocycles. The molecule has 3 heterocycles. The van der Waals surface area contributed by atoms with Gasteiger partial charge in [0.2, 0.25) is 9.84 Å². The number of pyridine rings is 2. The van der Waals surface area contributed by atoms with Gasteiger partial charge in [-0.2, -0.15) is 0 Å². The molecule has 4 aromatic rings. The van der Waals surface area contributed by atoms with E-state index in [0.717, 1.165) is 11.1 Å². The molecular weight excluding hydrogens is 412 g/mol. The lowest BCUT2D eigenvalue weighted by Gasteiger charge is -2.19. The minimum absolute atomic E-state index is 0.0892. The third kappa shape index (κ3) is 3.27. The van der Waals surface area contributed by atoms with Crippen LogP contribution in [0.5, 0.6) is 0 Å². The Bertz CT molecular complexity index is 1550. The SMILES string of the molecule is CCC(C)n1c(=N)c(S(=O)(=O)c2ccc(C)cc2)cc2c(=O)n3cccc(C)c3nc21. The van der Waals surface area contributed by atoms with Crippen molar-refractivity contribution in [3.63, 3.8) is 0 Å². The maximum Gasteiger partial charge on any atom is 0.267 e. The maximum absolute atomic E-state index is 13.4. The Morgan fingerprint density at radius 1 is 1.10 bits per heavy atom. The Morgan fingerprint density at radius 2 is 1.77 bits per heavy atom. The van der Waals surface area contributed by atoms with Crippen molar-refractivity contribution in [1.82, 2.24) is 14.0 Å². The summed E-state index contributed by atoms with van der Waals surface area (Å²) in [5.41, 5.74) is 2.03. The second-order valence-electron chi connectivity index (χ2n) is 7.84. The number of benzene rings is 1. The van der Waals surface area contributed by atoms with E-state index in [0.29, 0.717) is 17.7 Å². The molecule has 1 N–H and O–H groups in total. The highest BCUT2D eigenvalue weighted by atomic mass is 32.2. The van der Waals surface area contributed by atoms with Gasteiger partial charge in [0.15, 0.2) is 0 Å². The number of sulfone groups is 1. The highest BCUT2D eigenvalue weighted by Crippen LogP contribution is 2.23. The molecule has 0 bridgehead atoms. The summed E-state index contributed by atoms with van der Waals surface area (Å²) in [6.07, 6.45) is 2.27. The first kappa shape index (κ1) is 21.0.